The van der Waals surface area contributed by atoms with Gasteiger partial charge in [0.05, 0.1) is 18.8 Å². The number of carbonyl (C=O) groups is 1. The molecule has 0 bridgehead atoms. The van der Waals surface area contributed by atoms with Gasteiger partial charge in [0.2, 0.25) is 5.91 Å². The Morgan fingerprint density at radius 1 is 0.426 bits per heavy atom. The summed E-state index contributed by atoms with van der Waals surface area (Å²) in [5, 5.41) is 23.1. The molecule has 0 aromatic carbocycles. The maximum Gasteiger partial charge on any atom is 0.220 e. The Labute approximate surface area is 339 Å². The summed E-state index contributed by atoms with van der Waals surface area (Å²) >= 11 is 0. The second kappa shape index (κ2) is 46.5. The van der Waals surface area contributed by atoms with E-state index in [4.69, 9.17) is 0 Å². The lowest BCUT2D eigenvalue weighted by Crippen LogP contribution is -2.45. The summed E-state index contributed by atoms with van der Waals surface area (Å²) in [5.41, 5.74) is 0. The molecule has 0 aliphatic carbocycles. The third-order valence-corrected chi connectivity index (χ3v) is 11.8. The fourth-order valence-electron chi connectivity index (χ4n) is 7.95. The van der Waals surface area contributed by atoms with Crippen molar-refractivity contribution < 1.29 is 15.0 Å². The van der Waals surface area contributed by atoms with Crippen molar-refractivity contribution in [2.75, 3.05) is 6.61 Å². The highest BCUT2D eigenvalue weighted by Gasteiger charge is 2.18. The summed E-state index contributed by atoms with van der Waals surface area (Å²) in [7, 11) is 0. The number of unbranched alkanes of at least 4 members (excludes halogenated alkanes) is 39. The minimum Gasteiger partial charge on any atom is -0.394 e. The van der Waals surface area contributed by atoms with E-state index in [1.54, 1.807) is 6.08 Å². The van der Waals surface area contributed by atoms with Crippen LogP contribution >= 0.6 is 0 Å². The number of carbonyl (C=O) groups excluding carboxylic acids is 1. The topological polar surface area (TPSA) is 69.6 Å². The van der Waals surface area contributed by atoms with Crippen molar-refractivity contribution in [3.8, 4) is 0 Å². The average Bonchev–Trinajstić information content (AvgIpc) is 3.18. The first-order chi connectivity index (χ1) is 26.7. The van der Waals surface area contributed by atoms with Gasteiger partial charge < -0.3 is 15.5 Å². The first-order valence-corrected chi connectivity index (χ1v) is 24.9. The van der Waals surface area contributed by atoms with Gasteiger partial charge in [-0.3, -0.25) is 4.79 Å². The Kier molecular flexibility index (Phi) is 45.8. The zero-order valence-electron chi connectivity index (χ0n) is 37.0. The number of hydrogen-bond donors (Lipinski definition) is 3. The second-order valence-corrected chi connectivity index (χ2v) is 17.2. The number of nitrogens with one attached hydrogen (secondary N) is 1. The third kappa shape index (κ3) is 42.3. The third-order valence-electron chi connectivity index (χ3n) is 11.8. The molecule has 2 atom stereocenters. The van der Waals surface area contributed by atoms with Crippen LogP contribution in [0.5, 0.6) is 0 Å². The molecule has 0 radical (unpaired) electrons. The van der Waals surface area contributed by atoms with Gasteiger partial charge in [-0.25, -0.2) is 0 Å². The normalized spacial score (nSPS) is 12.9. The molecule has 0 aromatic rings. The molecule has 0 fully saturated rings. The van der Waals surface area contributed by atoms with Gasteiger partial charge >= 0.3 is 0 Å². The van der Waals surface area contributed by atoms with Crippen molar-refractivity contribution in [3.05, 3.63) is 12.2 Å². The lowest BCUT2D eigenvalue weighted by Gasteiger charge is -2.20. The molecule has 0 aromatic heterocycles. The summed E-state index contributed by atoms with van der Waals surface area (Å²) < 4.78 is 0. The molecular weight excluding hydrogens is 663 g/mol. The first kappa shape index (κ1) is 53.1. The summed E-state index contributed by atoms with van der Waals surface area (Å²) in [6, 6.07) is -0.617. The number of rotatable bonds is 46. The molecule has 54 heavy (non-hydrogen) atoms. The molecule has 0 spiro atoms. The van der Waals surface area contributed by atoms with Crippen molar-refractivity contribution in [2.45, 2.75) is 296 Å². The van der Waals surface area contributed by atoms with E-state index in [9.17, 15) is 15.0 Å². The smallest absolute Gasteiger partial charge is 0.220 e. The Morgan fingerprint density at radius 2 is 0.685 bits per heavy atom. The highest BCUT2D eigenvalue weighted by molar-refractivity contribution is 5.76. The van der Waals surface area contributed by atoms with Crippen LogP contribution in [0.4, 0.5) is 0 Å². The Balaban J connectivity index is 3.47. The van der Waals surface area contributed by atoms with Crippen LogP contribution in [0, 0.1) is 0 Å². The molecule has 0 rings (SSSR count). The van der Waals surface area contributed by atoms with E-state index in [0.29, 0.717) is 6.42 Å². The molecule has 0 saturated heterocycles. The van der Waals surface area contributed by atoms with Crippen LogP contribution in [0.25, 0.3) is 0 Å². The largest absolute Gasteiger partial charge is 0.394 e. The Hall–Kier alpha value is -0.870. The van der Waals surface area contributed by atoms with Crippen LogP contribution in [0.1, 0.15) is 284 Å². The van der Waals surface area contributed by atoms with E-state index in [2.05, 4.69) is 19.2 Å². The maximum absolute atomic E-state index is 12.4. The van der Waals surface area contributed by atoms with Crippen molar-refractivity contribution in [1.29, 1.82) is 0 Å². The fraction of sp³-hybridized carbons (Fsp3) is 0.940. The van der Waals surface area contributed by atoms with E-state index in [-0.39, 0.29) is 12.5 Å². The minimum absolute atomic E-state index is 0.0584. The average molecular weight is 762 g/mol. The van der Waals surface area contributed by atoms with E-state index in [1.165, 1.54) is 238 Å². The SMILES string of the molecule is CCCCCCCCCCCCCCCCCCCCCCCCCC/C=C/C(O)C(CO)NC(=O)CCCCCCCCCCCCCCCCCC. The number of allylic oxidation sites excluding steroid dienone is 1. The molecule has 3 N–H and O–H groups in total. The second-order valence-electron chi connectivity index (χ2n) is 17.2. The quantitative estimate of drug-likeness (QED) is 0.0427. The fourth-order valence-corrected chi connectivity index (χ4v) is 7.95. The molecule has 4 heteroatoms. The van der Waals surface area contributed by atoms with Gasteiger partial charge in [0.1, 0.15) is 0 Å². The van der Waals surface area contributed by atoms with Crippen molar-refractivity contribution in [3.63, 3.8) is 0 Å². The van der Waals surface area contributed by atoms with Gasteiger partial charge in [-0.05, 0) is 19.3 Å². The van der Waals surface area contributed by atoms with Crippen LogP contribution in [0.2, 0.25) is 0 Å². The van der Waals surface area contributed by atoms with Crippen LogP contribution in [-0.2, 0) is 4.79 Å². The van der Waals surface area contributed by atoms with Gasteiger partial charge in [-0.2, -0.15) is 0 Å². The van der Waals surface area contributed by atoms with Crippen LogP contribution in [-0.4, -0.2) is 34.9 Å². The molecule has 0 aliphatic heterocycles. The van der Waals surface area contributed by atoms with Crippen LogP contribution in [0.15, 0.2) is 12.2 Å². The predicted molar refractivity (Wildman–Crippen MR) is 239 cm³/mol. The highest BCUT2D eigenvalue weighted by Crippen LogP contribution is 2.17. The zero-order valence-corrected chi connectivity index (χ0v) is 37.0. The van der Waals surface area contributed by atoms with E-state index in [0.717, 1.165) is 25.7 Å². The molecule has 0 aliphatic rings. The Morgan fingerprint density at radius 3 is 0.963 bits per heavy atom. The monoisotopic (exact) mass is 762 g/mol. The van der Waals surface area contributed by atoms with E-state index >= 15 is 0 Å². The van der Waals surface area contributed by atoms with Crippen molar-refractivity contribution in [2.24, 2.45) is 0 Å². The first-order valence-electron chi connectivity index (χ1n) is 24.9. The lowest BCUT2D eigenvalue weighted by atomic mass is 10.0. The molecule has 0 saturated carbocycles. The minimum atomic E-state index is -0.834. The number of aliphatic hydroxyl groups is 2. The van der Waals surface area contributed by atoms with Crippen molar-refractivity contribution in [1.82, 2.24) is 5.32 Å². The van der Waals surface area contributed by atoms with Crippen molar-refractivity contribution >= 4 is 5.91 Å². The molecular formula is C50H99NO3. The summed E-state index contributed by atoms with van der Waals surface area (Å²) in [6.07, 6.45) is 59.2. The summed E-state index contributed by atoms with van der Waals surface area (Å²) in [6.45, 7) is 4.34. The van der Waals surface area contributed by atoms with Gasteiger partial charge in [-0.1, -0.05) is 270 Å². The zero-order chi connectivity index (χ0) is 39.3. The van der Waals surface area contributed by atoms with Gasteiger partial charge in [0.15, 0.2) is 0 Å². The Bertz CT molecular complexity index is 739. The van der Waals surface area contributed by atoms with Crippen LogP contribution < -0.4 is 5.32 Å². The van der Waals surface area contributed by atoms with E-state index in [1.807, 2.05) is 6.08 Å². The van der Waals surface area contributed by atoms with Gasteiger partial charge in [0, 0.05) is 6.42 Å². The summed E-state index contributed by atoms with van der Waals surface area (Å²) in [4.78, 5) is 12.4. The molecule has 4 nitrogen and oxygen atoms in total. The van der Waals surface area contributed by atoms with Gasteiger partial charge in [-0.15, -0.1) is 0 Å². The highest BCUT2D eigenvalue weighted by atomic mass is 16.3. The summed E-state index contributed by atoms with van der Waals surface area (Å²) in [5.74, 6) is -0.0584. The molecule has 2 unspecified atom stereocenters. The molecule has 322 valence electrons. The molecule has 0 heterocycles. The number of amides is 1. The van der Waals surface area contributed by atoms with Crippen LogP contribution in [0.3, 0.4) is 0 Å². The number of aliphatic hydroxyl groups excluding tert-OH is 2. The van der Waals surface area contributed by atoms with Gasteiger partial charge in [0.25, 0.3) is 0 Å². The predicted octanol–water partition coefficient (Wildman–Crippen LogP) is 15.8. The standard InChI is InChI=1S/C50H99NO3/c1-3-5-7-9-11-13-15-17-19-21-22-23-24-25-26-27-28-29-30-31-33-35-37-39-41-43-45-49(53)48(47-52)51-50(54)46-44-42-40-38-36-34-32-20-18-16-14-12-10-8-6-4-2/h43,45,48-49,52-53H,3-42,44,46-47H2,1-2H3,(H,51,54)/b45-43+. The molecule has 1 amide bonds. The lowest BCUT2D eigenvalue weighted by molar-refractivity contribution is -0.123. The maximum atomic E-state index is 12.4. The number of hydrogen-bond acceptors (Lipinski definition) is 3. The van der Waals surface area contributed by atoms with E-state index < -0.39 is 12.1 Å².